The van der Waals surface area contributed by atoms with E-state index in [0.717, 1.165) is 6.42 Å². The number of carbonyl (C=O) groups excluding carboxylic acids is 1. The van der Waals surface area contributed by atoms with E-state index in [1.807, 2.05) is 25.1 Å². The van der Waals surface area contributed by atoms with E-state index in [1.54, 1.807) is 12.1 Å². The Kier molecular flexibility index (Phi) is 6.58. The fourth-order valence-electron chi connectivity index (χ4n) is 0.875. The molecule has 0 atom stereocenters. The minimum atomic E-state index is -0.163. The molecule has 0 saturated heterocycles. The fraction of sp³-hybridized carbons (Fsp3) is 0.300. The Morgan fingerprint density at radius 2 is 1.92 bits per heavy atom. The first-order valence-corrected chi connectivity index (χ1v) is 4.08. The number of carbonyl (C=O) groups is 1. The standard InChI is InChI=1S/C10H12O2.HI/c1-2-6-10(11)12-9-7-4-3-5-8-9;/h3-5,7-8H,2,6H2,1H3;1H. The van der Waals surface area contributed by atoms with Crippen molar-refractivity contribution in [2.24, 2.45) is 0 Å². The summed E-state index contributed by atoms with van der Waals surface area (Å²) in [6.45, 7) is 1.95. The molecule has 0 unspecified atom stereocenters. The lowest BCUT2D eigenvalue weighted by Crippen LogP contribution is -2.06. The van der Waals surface area contributed by atoms with Crippen LogP contribution < -0.4 is 4.74 Å². The van der Waals surface area contributed by atoms with Gasteiger partial charge in [0.2, 0.25) is 0 Å². The molecule has 1 aromatic carbocycles. The molecule has 3 heteroatoms. The van der Waals surface area contributed by atoms with Crippen LogP contribution in [0.1, 0.15) is 19.8 Å². The van der Waals surface area contributed by atoms with Crippen molar-refractivity contribution in [3.05, 3.63) is 30.3 Å². The van der Waals surface area contributed by atoms with Crippen LogP contribution in [0, 0.1) is 0 Å². The van der Waals surface area contributed by atoms with Crippen molar-refractivity contribution in [3.63, 3.8) is 0 Å². The van der Waals surface area contributed by atoms with E-state index >= 15 is 0 Å². The quantitative estimate of drug-likeness (QED) is 0.486. The normalized spacial score (nSPS) is 8.69. The Balaban J connectivity index is 0.00000144. The molecule has 0 aliphatic heterocycles. The maximum atomic E-state index is 11.0. The van der Waals surface area contributed by atoms with Crippen LogP contribution in [0.2, 0.25) is 0 Å². The zero-order valence-corrected chi connectivity index (χ0v) is 9.86. The molecule has 0 bridgehead atoms. The number of rotatable bonds is 3. The van der Waals surface area contributed by atoms with Gasteiger partial charge in [-0.2, -0.15) is 0 Å². The molecule has 0 fully saturated rings. The molecule has 1 aromatic rings. The van der Waals surface area contributed by atoms with Gasteiger partial charge in [-0.3, -0.25) is 4.79 Å². The lowest BCUT2D eigenvalue weighted by atomic mass is 10.3. The first kappa shape index (κ1) is 12.4. The van der Waals surface area contributed by atoms with Crippen molar-refractivity contribution in [2.75, 3.05) is 0 Å². The van der Waals surface area contributed by atoms with Crippen LogP contribution in [0.15, 0.2) is 30.3 Å². The highest BCUT2D eigenvalue weighted by molar-refractivity contribution is 14.0. The second-order valence-electron chi connectivity index (χ2n) is 2.54. The molecule has 0 heterocycles. The maximum Gasteiger partial charge on any atom is 0.311 e. The highest BCUT2D eigenvalue weighted by Gasteiger charge is 2.00. The fourth-order valence-corrected chi connectivity index (χ4v) is 0.875. The van der Waals surface area contributed by atoms with Gasteiger partial charge < -0.3 is 4.74 Å². The van der Waals surface area contributed by atoms with Gasteiger partial charge in [-0.25, -0.2) is 0 Å². The minimum Gasteiger partial charge on any atom is -0.427 e. The summed E-state index contributed by atoms with van der Waals surface area (Å²) in [5, 5.41) is 0. The van der Waals surface area contributed by atoms with E-state index in [-0.39, 0.29) is 29.9 Å². The topological polar surface area (TPSA) is 26.3 Å². The summed E-state index contributed by atoms with van der Waals surface area (Å²) in [6.07, 6.45) is 1.31. The summed E-state index contributed by atoms with van der Waals surface area (Å²) >= 11 is 0. The van der Waals surface area contributed by atoms with Crippen molar-refractivity contribution in [1.82, 2.24) is 0 Å². The first-order valence-electron chi connectivity index (χ1n) is 4.08. The maximum absolute atomic E-state index is 11.0. The number of para-hydroxylation sites is 1. The molecule has 0 amide bonds. The molecular formula is C10H13IO2. The van der Waals surface area contributed by atoms with Gasteiger partial charge in [-0.15, -0.1) is 24.0 Å². The molecule has 0 saturated carbocycles. The molecule has 13 heavy (non-hydrogen) atoms. The van der Waals surface area contributed by atoms with Gasteiger partial charge in [0.1, 0.15) is 5.75 Å². The first-order chi connectivity index (χ1) is 5.83. The van der Waals surface area contributed by atoms with E-state index in [1.165, 1.54) is 0 Å². The molecule has 0 aromatic heterocycles. The number of hydrogen-bond donors (Lipinski definition) is 0. The number of halogens is 1. The summed E-state index contributed by atoms with van der Waals surface area (Å²) in [6, 6.07) is 9.11. The third-order valence-corrected chi connectivity index (χ3v) is 1.43. The summed E-state index contributed by atoms with van der Waals surface area (Å²) in [7, 11) is 0. The molecule has 0 N–H and O–H groups in total. The van der Waals surface area contributed by atoms with Crippen LogP contribution in [-0.2, 0) is 4.79 Å². The highest BCUT2D eigenvalue weighted by atomic mass is 127. The van der Waals surface area contributed by atoms with Gasteiger partial charge in [-0.05, 0) is 18.6 Å². The van der Waals surface area contributed by atoms with Crippen LogP contribution in [0.3, 0.4) is 0 Å². The SMILES string of the molecule is CCCC(=O)Oc1ccccc1.I. The predicted molar refractivity (Wildman–Crippen MR) is 62.4 cm³/mol. The molecule has 0 spiro atoms. The molecule has 0 aliphatic rings. The van der Waals surface area contributed by atoms with Gasteiger partial charge >= 0.3 is 5.97 Å². The van der Waals surface area contributed by atoms with Crippen molar-refractivity contribution >= 4 is 29.9 Å². The van der Waals surface area contributed by atoms with Gasteiger partial charge in [0.25, 0.3) is 0 Å². The molecule has 0 aliphatic carbocycles. The van der Waals surface area contributed by atoms with Crippen LogP contribution in [0.25, 0.3) is 0 Å². The van der Waals surface area contributed by atoms with Gasteiger partial charge in [0.05, 0.1) is 0 Å². The smallest absolute Gasteiger partial charge is 0.311 e. The van der Waals surface area contributed by atoms with Crippen LogP contribution in [0.5, 0.6) is 5.75 Å². The van der Waals surface area contributed by atoms with E-state index in [2.05, 4.69) is 0 Å². The predicted octanol–water partition coefficient (Wildman–Crippen LogP) is 3.01. The van der Waals surface area contributed by atoms with Gasteiger partial charge in [0, 0.05) is 6.42 Å². The number of ether oxygens (including phenoxy) is 1. The van der Waals surface area contributed by atoms with Crippen LogP contribution in [0.4, 0.5) is 0 Å². The Bertz CT molecular complexity index is 246. The summed E-state index contributed by atoms with van der Waals surface area (Å²) < 4.78 is 5.02. The van der Waals surface area contributed by atoms with Crippen LogP contribution in [-0.4, -0.2) is 5.97 Å². The van der Waals surface area contributed by atoms with Crippen molar-refractivity contribution in [3.8, 4) is 5.75 Å². The molecule has 0 radical (unpaired) electrons. The lowest BCUT2D eigenvalue weighted by Gasteiger charge is -2.01. The van der Waals surface area contributed by atoms with E-state index in [4.69, 9.17) is 4.74 Å². The third-order valence-electron chi connectivity index (χ3n) is 1.43. The average Bonchev–Trinajstić information content (AvgIpc) is 2.06. The molecule has 1 rings (SSSR count). The van der Waals surface area contributed by atoms with Gasteiger partial charge in [-0.1, -0.05) is 25.1 Å². The average molecular weight is 292 g/mol. The van der Waals surface area contributed by atoms with E-state index in [9.17, 15) is 4.79 Å². The van der Waals surface area contributed by atoms with Crippen molar-refractivity contribution in [2.45, 2.75) is 19.8 Å². The highest BCUT2D eigenvalue weighted by Crippen LogP contribution is 2.09. The van der Waals surface area contributed by atoms with E-state index < -0.39 is 0 Å². The zero-order valence-electron chi connectivity index (χ0n) is 7.53. The zero-order chi connectivity index (χ0) is 8.81. The minimum absolute atomic E-state index is 0. The number of benzene rings is 1. The van der Waals surface area contributed by atoms with E-state index in [0.29, 0.717) is 12.2 Å². The summed E-state index contributed by atoms with van der Waals surface area (Å²) in [5.41, 5.74) is 0. The third kappa shape index (κ3) is 4.87. The Morgan fingerprint density at radius 1 is 1.31 bits per heavy atom. The Hall–Kier alpha value is -0.580. The Morgan fingerprint density at radius 3 is 2.46 bits per heavy atom. The summed E-state index contributed by atoms with van der Waals surface area (Å²) in [5.74, 6) is 0.458. The monoisotopic (exact) mass is 292 g/mol. The molecular weight excluding hydrogens is 279 g/mol. The lowest BCUT2D eigenvalue weighted by molar-refractivity contribution is -0.134. The number of esters is 1. The Labute approximate surface area is 95.3 Å². The second kappa shape index (κ2) is 6.88. The van der Waals surface area contributed by atoms with Crippen LogP contribution >= 0.6 is 24.0 Å². The van der Waals surface area contributed by atoms with Gasteiger partial charge in [0.15, 0.2) is 0 Å². The second-order valence-corrected chi connectivity index (χ2v) is 2.54. The van der Waals surface area contributed by atoms with Crippen molar-refractivity contribution < 1.29 is 9.53 Å². The number of hydrogen-bond acceptors (Lipinski definition) is 2. The summed E-state index contributed by atoms with van der Waals surface area (Å²) in [4.78, 5) is 11.0. The molecule has 2 nitrogen and oxygen atoms in total. The largest absolute Gasteiger partial charge is 0.427 e. The van der Waals surface area contributed by atoms with Crippen molar-refractivity contribution in [1.29, 1.82) is 0 Å². The molecule has 72 valence electrons.